The van der Waals surface area contributed by atoms with Gasteiger partial charge in [0.05, 0.1) is 18.8 Å². The summed E-state index contributed by atoms with van der Waals surface area (Å²) in [5.41, 5.74) is 1.44. The number of unbranched alkanes of at least 4 members (excludes halogenated alkanes) is 1. The number of methoxy groups -OCH3 is 1. The van der Waals surface area contributed by atoms with Gasteiger partial charge < -0.3 is 19.4 Å². The highest BCUT2D eigenvalue weighted by Crippen LogP contribution is 2.13. The molecular weight excluding hydrogens is 344 g/mol. The number of hydrogen-bond donors (Lipinski definition) is 1. The largest absolute Gasteiger partial charge is 0.494 e. The van der Waals surface area contributed by atoms with Gasteiger partial charge >= 0.3 is 0 Å². The minimum atomic E-state index is -0.194. The lowest BCUT2D eigenvalue weighted by atomic mass is 10.1. The van der Waals surface area contributed by atoms with Crippen LogP contribution in [-0.2, 0) is 17.7 Å². The number of ether oxygens (including phenoxy) is 2. The molecule has 1 N–H and O–H groups in total. The fourth-order valence-corrected chi connectivity index (χ4v) is 2.54. The molecule has 1 aromatic carbocycles. The molecule has 6 nitrogen and oxygen atoms in total. The van der Waals surface area contributed by atoms with Gasteiger partial charge in [-0.1, -0.05) is 25.5 Å². The normalized spacial score (nSPS) is 10.6. The molecule has 0 aliphatic heterocycles. The van der Waals surface area contributed by atoms with E-state index in [9.17, 15) is 9.59 Å². The van der Waals surface area contributed by atoms with Gasteiger partial charge in [-0.3, -0.25) is 9.59 Å². The quantitative estimate of drug-likeness (QED) is 0.616. The van der Waals surface area contributed by atoms with Crippen LogP contribution in [0.1, 0.15) is 35.7 Å². The molecule has 1 heterocycles. The summed E-state index contributed by atoms with van der Waals surface area (Å²) < 4.78 is 12.1. The Morgan fingerprint density at radius 3 is 2.59 bits per heavy atom. The first kappa shape index (κ1) is 20.7. The Morgan fingerprint density at radius 1 is 1.11 bits per heavy atom. The molecule has 27 heavy (non-hydrogen) atoms. The van der Waals surface area contributed by atoms with E-state index in [0.717, 1.165) is 37.2 Å². The number of rotatable bonds is 11. The first-order valence-corrected chi connectivity index (χ1v) is 9.33. The molecule has 0 bridgehead atoms. The number of nitrogens with zero attached hydrogens (tertiary/aromatic N) is 1. The van der Waals surface area contributed by atoms with Crippen LogP contribution in [-0.4, -0.2) is 37.3 Å². The van der Waals surface area contributed by atoms with Crippen molar-refractivity contribution in [2.75, 3.05) is 26.9 Å². The summed E-state index contributed by atoms with van der Waals surface area (Å²) in [6, 6.07) is 10.9. The topological polar surface area (TPSA) is 69.6 Å². The first-order chi connectivity index (χ1) is 13.1. The number of carbonyl (C=O) groups excluding carboxylic acids is 1. The summed E-state index contributed by atoms with van der Waals surface area (Å²) in [6.07, 6.45) is 4.46. The number of hydrogen-bond acceptors (Lipinski definition) is 4. The Hall–Kier alpha value is -2.60. The lowest BCUT2D eigenvalue weighted by Gasteiger charge is -2.09. The first-order valence-electron chi connectivity index (χ1n) is 9.33. The van der Waals surface area contributed by atoms with Gasteiger partial charge in [0.25, 0.3) is 11.5 Å². The summed E-state index contributed by atoms with van der Waals surface area (Å²) in [6.45, 7) is 4.23. The zero-order valence-electron chi connectivity index (χ0n) is 16.1. The number of benzene rings is 1. The minimum absolute atomic E-state index is 0.148. The molecule has 1 amide bonds. The second-order valence-electron chi connectivity index (χ2n) is 6.29. The number of pyridine rings is 1. The van der Waals surface area contributed by atoms with Gasteiger partial charge in [-0.25, -0.2) is 0 Å². The van der Waals surface area contributed by atoms with Crippen LogP contribution in [0.25, 0.3) is 0 Å². The molecular formula is C21H28N2O4. The van der Waals surface area contributed by atoms with Crippen LogP contribution in [0.2, 0.25) is 0 Å². The van der Waals surface area contributed by atoms with E-state index in [1.165, 1.54) is 10.6 Å². The fraction of sp³-hybridized carbons (Fsp3) is 0.429. The average Bonchev–Trinajstić information content (AvgIpc) is 2.68. The van der Waals surface area contributed by atoms with Gasteiger partial charge in [-0.15, -0.1) is 0 Å². The van der Waals surface area contributed by atoms with Crippen molar-refractivity contribution in [3.63, 3.8) is 0 Å². The summed E-state index contributed by atoms with van der Waals surface area (Å²) in [7, 11) is 1.57. The predicted octanol–water partition coefficient (Wildman–Crippen LogP) is 2.65. The van der Waals surface area contributed by atoms with Gasteiger partial charge in [0.15, 0.2) is 0 Å². The minimum Gasteiger partial charge on any atom is -0.494 e. The van der Waals surface area contributed by atoms with E-state index in [2.05, 4.69) is 12.2 Å². The molecule has 0 atom stereocenters. The molecule has 0 aliphatic rings. The molecule has 0 spiro atoms. The molecule has 146 valence electrons. The Bertz CT molecular complexity index is 768. The van der Waals surface area contributed by atoms with Crippen molar-refractivity contribution in [1.29, 1.82) is 0 Å². The number of nitrogens with one attached hydrogen (secondary N) is 1. The Morgan fingerprint density at radius 2 is 1.89 bits per heavy atom. The van der Waals surface area contributed by atoms with Crippen molar-refractivity contribution < 1.29 is 14.3 Å². The van der Waals surface area contributed by atoms with E-state index >= 15 is 0 Å². The molecule has 1 aromatic heterocycles. The maximum atomic E-state index is 12.3. The van der Waals surface area contributed by atoms with Crippen LogP contribution < -0.4 is 15.6 Å². The third kappa shape index (κ3) is 6.90. The highest BCUT2D eigenvalue weighted by molar-refractivity contribution is 5.93. The van der Waals surface area contributed by atoms with Gasteiger partial charge in [0, 0.05) is 32.5 Å². The highest BCUT2D eigenvalue weighted by Gasteiger charge is 2.07. The predicted molar refractivity (Wildman–Crippen MR) is 105 cm³/mol. The van der Waals surface area contributed by atoms with E-state index in [4.69, 9.17) is 9.47 Å². The smallest absolute Gasteiger partial charge is 0.252 e. The Labute approximate surface area is 160 Å². The van der Waals surface area contributed by atoms with Crippen molar-refractivity contribution in [2.24, 2.45) is 0 Å². The molecule has 0 fully saturated rings. The van der Waals surface area contributed by atoms with Crippen molar-refractivity contribution in [3.05, 3.63) is 64.1 Å². The third-order valence-corrected chi connectivity index (χ3v) is 4.17. The molecule has 0 saturated carbocycles. The average molecular weight is 372 g/mol. The number of carbonyl (C=O) groups is 1. The zero-order valence-corrected chi connectivity index (χ0v) is 16.1. The zero-order chi connectivity index (χ0) is 19.5. The maximum Gasteiger partial charge on any atom is 0.252 e. The summed E-state index contributed by atoms with van der Waals surface area (Å²) in [4.78, 5) is 24.1. The van der Waals surface area contributed by atoms with E-state index in [1.54, 1.807) is 19.4 Å². The molecule has 0 saturated heterocycles. The van der Waals surface area contributed by atoms with E-state index in [-0.39, 0.29) is 11.5 Å². The molecule has 0 radical (unpaired) electrons. The van der Waals surface area contributed by atoms with E-state index in [0.29, 0.717) is 25.3 Å². The fourth-order valence-electron chi connectivity index (χ4n) is 2.54. The SMILES string of the molecule is CCCCOc1ccc(CCNC(=O)c2ccc(=O)n(CCOC)c2)cc1. The second kappa shape index (κ2) is 11.2. The van der Waals surface area contributed by atoms with Crippen molar-refractivity contribution in [2.45, 2.75) is 32.7 Å². The van der Waals surface area contributed by atoms with Crippen LogP contribution in [0.15, 0.2) is 47.4 Å². The third-order valence-electron chi connectivity index (χ3n) is 4.17. The van der Waals surface area contributed by atoms with Gasteiger partial charge in [0.2, 0.25) is 0 Å². The molecule has 0 aliphatic carbocycles. The molecule has 2 aromatic rings. The monoisotopic (exact) mass is 372 g/mol. The van der Waals surface area contributed by atoms with Gasteiger partial charge in [0.1, 0.15) is 5.75 Å². The Balaban J connectivity index is 1.82. The van der Waals surface area contributed by atoms with Crippen molar-refractivity contribution in [3.8, 4) is 5.75 Å². The van der Waals surface area contributed by atoms with Gasteiger partial charge in [-0.05, 0) is 36.6 Å². The summed E-state index contributed by atoms with van der Waals surface area (Å²) in [5, 5.41) is 2.89. The van der Waals surface area contributed by atoms with E-state index < -0.39 is 0 Å². The lowest BCUT2D eigenvalue weighted by Crippen LogP contribution is -2.28. The Kier molecular flexibility index (Phi) is 8.58. The van der Waals surface area contributed by atoms with Crippen LogP contribution >= 0.6 is 0 Å². The van der Waals surface area contributed by atoms with Crippen molar-refractivity contribution in [1.82, 2.24) is 9.88 Å². The van der Waals surface area contributed by atoms with E-state index in [1.807, 2.05) is 24.3 Å². The lowest BCUT2D eigenvalue weighted by molar-refractivity contribution is 0.0953. The standard InChI is InChI=1S/C21H28N2O4/c1-3-4-14-27-19-8-5-17(6-9-19)11-12-22-21(25)18-7-10-20(24)23(16-18)13-15-26-2/h5-10,16H,3-4,11-15H2,1-2H3,(H,22,25). The van der Waals surface area contributed by atoms with Crippen LogP contribution in [0.3, 0.4) is 0 Å². The molecule has 0 unspecified atom stereocenters. The van der Waals surface area contributed by atoms with Crippen molar-refractivity contribution >= 4 is 5.91 Å². The van der Waals surface area contributed by atoms with Crippen LogP contribution in [0.4, 0.5) is 0 Å². The summed E-state index contributed by atoms with van der Waals surface area (Å²) in [5.74, 6) is 0.676. The molecule has 2 rings (SSSR count). The second-order valence-corrected chi connectivity index (χ2v) is 6.29. The number of aromatic nitrogens is 1. The summed E-state index contributed by atoms with van der Waals surface area (Å²) >= 11 is 0. The highest BCUT2D eigenvalue weighted by atomic mass is 16.5. The maximum absolute atomic E-state index is 12.3. The van der Waals surface area contributed by atoms with Crippen LogP contribution in [0.5, 0.6) is 5.75 Å². The van der Waals surface area contributed by atoms with Gasteiger partial charge in [-0.2, -0.15) is 0 Å². The van der Waals surface area contributed by atoms with Crippen LogP contribution in [0, 0.1) is 0 Å². The number of amides is 1. The molecule has 6 heteroatoms.